The minimum Gasteiger partial charge on any atom is -0.473 e. The van der Waals surface area contributed by atoms with Crippen molar-refractivity contribution < 1.29 is 9.53 Å². The Labute approximate surface area is 102 Å². The molecular weight excluding hydrogens is 214 g/mol. The van der Waals surface area contributed by atoms with Gasteiger partial charge < -0.3 is 4.74 Å². The maximum absolute atomic E-state index is 12.1. The molecule has 0 radical (unpaired) electrons. The molecule has 0 aliphatic carbocycles. The maximum atomic E-state index is 12.1. The van der Waals surface area contributed by atoms with Crippen LogP contribution < -0.4 is 0 Å². The molecule has 1 heterocycles. The van der Waals surface area contributed by atoms with E-state index >= 15 is 0 Å². The summed E-state index contributed by atoms with van der Waals surface area (Å²) in [4.78, 5) is 16.4. The van der Waals surface area contributed by atoms with Crippen LogP contribution in [0.5, 0.6) is 0 Å². The summed E-state index contributed by atoms with van der Waals surface area (Å²) in [5.74, 6) is 0.119. The van der Waals surface area contributed by atoms with Crippen molar-refractivity contribution in [3.05, 3.63) is 35.9 Å². The minimum atomic E-state index is -0.127. The van der Waals surface area contributed by atoms with Gasteiger partial charge in [0.2, 0.25) is 5.78 Å². The van der Waals surface area contributed by atoms with Gasteiger partial charge in [-0.25, -0.2) is 4.99 Å². The molecule has 0 unspecified atom stereocenters. The van der Waals surface area contributed by atoms with Gasteiger partial charge in [0.05, 0.1) is 6.04 Å². The summed E-state index contributed by atoms with van der Waals surface area (Å²) in [6.07, 6.45) is 0. The molecule has 1 aromatic carbocycles. The Morgan fingerprint density at radius 2 is 1.94 bits per heavy atom. The van der Waals surface area contributed by atoms with Crippen molar-refractivity contribution in [1.82, 2.24) is 0 Å². The Hall–Kier alpha value is -1.64. The van der Waals surface area contributed by atoms with E-state index in [1.807, 2.05) is 18.2 Å². The third-order valence-electron chi connectivity index (χ3n) is 2.88. The summed E-state index contributed by atoms with van der Waals surface area (Å²) in [6.45, 7) is 6.79. The van der Waals surface area contributed by atoms with E-state index in [-0.39, 0.29) is 23.1 Å². The summed E-state index contributed by atoms with van der Waals surface area (Å²) in [7, 11) is 0. The zero-order valence-corrected chi connectivity index (χ0v) is 10.4. The zero-order chi connectivity index (χ0) is 12.5. The molecule has 0 bridgehead atoms. The first-order valence-corrected chi connectivity index (χ1v) is 5.79. The van der Waals surface area contributed by atoms with Gasteiger partial charge >= 0.3 is 0 Å². The molecule has 2 rings (SSSR count). The van der Waals surface area contributed by atoms with E-state index in [1.165, 1.54) is 0 Å². The molecule has 1 aromatic rings. The first kappa shape index (κ1) is 11.8. The van der Waals surface area contributed by atoms with Crippen LogP contribution in [0.15, 0.2) is 35.3 Å². The monoisotopic (exact) mass is 231 g/mol. The first-order chi connectivity index (χ1) is 7.98. The Morgan fingerprint density at radius 3 is 2.47 bits per heavy atom. The lowest BCUT2D eigenvalue weighted by Crippen LogP contribution is -2.25. The Kier molecular flexibility index (Phi) is 3.01. The molecule has 0 aromatic heterocycles. The predicted octanol–water partition coefficient (Wildman–Crippen LogP) is 2.71. The van der Waals surface area contributed by atoms with Crippen molar-refractivity contribution in [2.75, 3.05) is 6.61 Å². The molecule has 0 amide bonds. The second kappa shape index (κ2) is 4.32. The van der Waals surface area contributed by atoms with Gasteiger partial charge in [0.1, 0.15) is 6.61 Å². The fraction of sp³-hybridized carbons (Fsp3) is 0.429. The lowest BCUT2D eigenvalue weighted by atomic mass is 9.88. The number of ether oxygens (including phenoxy) is 1. The molecule has 3 heteroatoms. The summed E-state index contributed by atoms with van der Waals surface area (Å²) in [6, 6.07) is 9.17. The van der Waals surface area contributed by atoms with Crippen LogP contribution in [0.4, 0.5) is 0 Å². The molecule has 0 saturated carbocycles. The molecular formula is C14H17NO2. The van der Waals surface area contributed by atoms with Crippen molar-refractivity contribution in [3.8, 4) is 0 Å². The van der Waals surface area contributed by atoms with Crippen molar-refractivity contribution in [3.63, 3.8) is 0 Å². The average Bonchev–Trinajstić information content (AvgIpc) is 2.78. The highest BCUT2D eigenvalue weighted by Gasteiger charge is 2.32. The van der Waals surface area contributed by atoms with Gasteiger partial charge in [0.15, 0.2) is 0 Å². The standard InChI is InChI=1S/C14H17NO2/c1-14(2,3)11-9-17-13(15-11)12(16)10-7-5-4-6-8-10/h4-8,11H,9H2,1-3H3/t11-/m0/s1. The van der Waals surface area contributed by atoms with Gasteiger partial charge in [-0.3, -0.25) is 4.79 Å². The minimum absolute atomic E-state index is 0.0265. The van der Waals surface area contributed by atoms with Crippen LogP contribution in [0.1, 0.15) is 31.1 Å². The van der Waals surface area contributed by atoms with E-state index < -0.39 is 0 Å². The molecule has 90 valence electrons. The molecule has 3 nitrogen and oxygen atoms in total. The molecule has 1 aliphatic heterocycles. The number of carbonyl (C=O) groups excluding carboxylic acids is 1. The van der Waals surface area contributed by atoms with E-state index in [4.69, 9.17) is 4.74 Å². The highest BCUT2D eigenvalue weighted by Crippen LogP contribution is 2.26. The second-order valence-corrected chi connectivity index (χ2v) is 5.32. The number of rotatable bonds is 2. The van der Waals surface area contributed by atoms with Crippen LogP contribution in [-0.4, -0.2) is 24.3 Å². The van der Waals surface area contributed by atoms with Crippen molar-refractivity contribution in [2.24, 2.45) is 10.4 Å². The van der Waals surface area contributed by atoms with Crippen LogP contribution in [0.3, 0.4) is 0 Å². The SMILES string of the molecule is CC(C)(C)[C@@H]1COC(C(=O)c2ccccc2)=N1. The molecule has 17 heavy (non-hydrogen) atoms. The highest BCUT2D eigenvalue weighted by atomic mass is 16.5. The van der Waals surface area contributed by atoms with Crippen molar-refractivity contribution in [1.29, 1.82) is 0 Å². The summed E-state index contributed by atoms with van der Waals surface area (Å²) in [5.41, 5.74) is 0.652. The lowest BCUT2D eigenvalue weighted by molar-refractivity contribution is 0.103. The zero-order valence-electron chi connectivity index (χ0n) is 10.4. The second-order valence-electron chi connectivity index (χ2n) is 5.32. The quantitative estimate of drug-likeness (QED) is 0.734. The van der Waals surface area contributed by atoms with Crippen LogP contribution in [-0.2, 0) is 4.74 Å². The van der Waals surface area contributed by atoms with Crippen LogP contribution >= 0.6 is 0 Å². The van der Waals surface area contributed by atoms with Crippen LogP contribution in [0, 0.1) is 5.41 Å². The molecule has 1 aliphatic rings. The smallest absolute Gasteiger partial charge is 0.258 e. The summed E-state index contributed by atoms with van der Waals surface area (Å²) in [5, 5.41) is 0. The van der Waals surface area contributed by atoms with Gasteiger partial charge in [-0.15, -0.1) is 0 Å². The maximum Gasteiger partial charge on any atom is 0.258 e. The van der Waals surface area contributed by atoms with Crippen molar-refractivity contribution in [2.45, 2.75) is 26.8 Å². The number of hydrogen-bond acceptors (Lipinski definition) is 3. The number of benzene rings is 1. The number of aliphatic imine (C=N–C) groups is 1. The molecule has 1 atom stereocenters. The summed E-state index contributed by atoms with van der Waals surface area (Å²) >= 11 is 0. The summed E-state index contributed by atoms with van der Waals surface area (Å²) < 4.78 is 5.41. The van der Waals surface area contributed by atoms with Gasteiger partial charge in [-0.2, -0.15) is 0 Å². The fourth-order valence-electron chi connectivity index (χ4n) is 1.65. The molecule has 0 fully saturated rings. The van der Waals surface area contributed by atoms with Gasteiger partial charge in [0.25, 0.3) is 5.90 Å². The molecule has 0 spiro atoms. The average molecular weight is 231 g/mol. The normalized spacial score (nSPS) is 19.7. The van der Waals surface area contributed by atoms with E-state index in [0.29, 0.717) is 12.2 Å². The number of hydrogen-bond donors (Lipinski definition) is 0. The van der Waals surface area contributed by atoms with E-state index in [0.717, 1.165) is 0 Å². The number of carbonyl (C=O) groups is 1. The molecule has 0 saturated heterocycles. The topological polar surface area (TPSA) is 38.7 Å². The molecule has 0 N–H and O–H groups in total. The van der Waals surface area contributed by atoms with Crippen LogP contribution in [0.2, 0.25) is 0 Å². The predicted molar refractivity (Wildman–Crippen MR) is 67.4 cm³/mol. The third-order valence-corrected chi connectivity index (χ3v) is 2.88. The number of Topliss-reactive ketones (excluding diaryl/α,β-unsaturated/α-hetero) is 1. The Morgan fingerprint density at radius 1 is 1.29 bits per heavy atom. The number of nitrogens with zero attached hydrogens (tertiary/aromatic N) is 1. The van der Waals surface area contributed by atoms with E-state index in [2.05, 4.69) is 25.8 Å². The Bertz CT molecular complexity index is 443. The van der Waals surface area contributed by atoms with E-state index in [9.17, 15) is 4.79 Å². The largest absolute Gasteiger partial charge is 0.473 e. The van der Waals surface area contributed by atoms with Gasteiger partial charge in [-0.1, -0.05) is 51.1 Å². The van der Waals surface area contributed by atoms with E-state index in [1.54, 1.807) is 12.1 Å². The fourth-order valence-corrected chi connectivity index (χ4v) is 1.65. The number of ketones is 1. The lowest BCUT2D eigenvalue weighted by Gasteiger charge is -2.21. The van der Waals surface area contributed by atoms with Crippen molar-refractivity contribution >= 4 is 11.7 Å². The Balaban J connectivity index is 2.18. The third kappa shape index (κ3) is 2.54. The van der Waals surface area contributed by atoms with Gasteiger partial charge in [0, 0.05) is 5.56 Å². The highest BCUT2D eigenvalue weighted by molar-refractivity contribution is 6.43. The first-order valence-electron chi connectivity index (χ1n) is 5.79. The van der Waals surface area contributed by atoms with Gasteiger partial charge in [-0.05, 0) is 5.41 Å². The van der Waals surface area contributed by atoms with Crippen LogP contribution in [0.25, 0.3) is 0 Å².